The molecule has 1 unspecified atom stereocenters. The van der Waals surface area contributed by atoms with Crippen LogP contribution in [0.2, 0.25) is 0 Å². The largest absolute Gasteiger partial charge is 0.493 e. The molecule has 0 amide bonds. The lowest BCUT2D eigenvalue weighted by Crippen LogP contribution is -2.39. The summed E-state index contributed by atoms with van der Waals surface area (Å²) in [5.74, 6) is 3.48. The second kappa shape index (κ2) is 13.5. The average Bonchev–Trinajstić information content (AvgIpc) is 3.17. The van der Waals surface area contributed by atoms with Crippen LogP contribution in [0.1, 0.15) is 44.3 Å². The molecular weight excluding hydrogens is 509 g/mol. The lowest BCUT2D eigenvalue weighted by Gasteiger charge is -2.19. The number of guanidine groups is 1. The fraction of sp³-hybridized carbons (Fsp3) is 0.522. The lowest BCUT2D eigenvalue weighted by atomic mass is 10.0. The number of halogens is 1. The molecule has 174 valence electrons. The van der Waals surface area contributed by atoms with Crippen molar-refractivity contribution >= 4 is 29.9 Å². The van der Waals surface area contributed by atoms with E-state index in [9.17, 15) is 5.11 Å². The van der Waals surface area contributed by atoms with Crippen LogP contribution in [0.3, 0.4) is 0 Å². The fourth-order valence-electron chi connectivity index (χ4n) is 3.02. The van der Waals surface area contributed by atoms with Gasteiger partial charge in [0.1, 0.15) is 17.1 Å². The van der Waals surface area contributed by atoms with Crippen LogP contribution in [0, 0.1) is 6.92 Å². The van der Waals surface area contributed by atoms with Crippen molar-refractivity contribution in [2.75, 3.05) is 33.4 Å². The highest BCUT2D eigenvalue weighted by atomic mass is 127. The number of furan rings is 1. The summed E-state index contributed by atoms with van der Waals surface area (Å²) in [4.78, 5) is 4.52. The molecule has 0 fully saturated rings. The molecule has 0 spiro atoms. The standard InChI is InChI=1S/C23H35N3O4.HI/c1-6-24-22(26-16-23(4,27)21-13-10-17(3)30-21)25-14-8-9-18-11-12-19(28-5)20(15-18)29-7-2;/h10-13,15,27H,6-9,14,16H2,1-5H3,(H2,24,25,26);1H. The van der Waals surface area contributed by atoms with Crippen LogP contribution >= 0.6 is 24.0 Å². The Balaban J connectivity index is 0.00000480. The van der Waals surface area contributed by atoms with Crippen LogP contribution in [0.4, 0.5) is 0 Å². The molecule has 1 aromatic carbocycles. The Hall–Kier alpha value is -1.94. The Morgan fingerprint density at radius 2 is 1.94 bits per heavy atom. The molecule has 1 aromatic heterocycles. The highest BCUT2D eigenvalue weighted by molar-refractivity contribution is 14.0. The van der Waals surface area contributed by atoms with Gasteiger partial charge in [0.25, 0.3) is 0 Å². The summed E-state index contributed by atoms with van der Waals surface area (Å²) in [5, 5.41) is 17.2. The van der Waals surface area contributed by atoms with Gasteiger partial charge < -0.3 is 29.6 Å². The molecule has 0 bridgehead atoms. The number of hydrogen-bond acceptors (Lipinski definition) is 5. The van der Waals surface area contributed by atoms with Crippen molar-refractivity contribution < 1.29 is 19.0 Å². The molecule has 0 aliphatic rings. The van der Waals surface area contributed by atoms with E-state index in [4.69, 9.17) is 13.9 Å². The van der Waals surface area contributed by atoms with Gasteiger partial charge in [-0.3, -0.25) is 0 Å². The number of rotatable bonds is 11. The molecule has 7 nitrogen and oxygen atoms in total. The third-order valence-corrected chi connectivity index (χ3v) is 4.62. The van der Waals surface area contributed by atoms with Crippen molar-refractivity contribution in [2.45, 2.75) is 46.1 Å². The van der Waals surface area contributed by atoms with Gasteiger partial charge >= 0.3 is 0 Å². The molecule has 31 heavy (non-hydrogen) atoms. The zero-order valence-corrected chi connectivity index (χ0v) is 21.5. The summed E-state index contributed by atoms with van der Waals surface area (Å²) in [5.41, 5.74) is 0.0363. The lowest BCUT2D eigenvalue weighted by molar-refractivity contribution is 0.0428. The van der Waals surface area contributed by atoms with E-state index in [1.165, 1.54) is 5.56 Å². The number of ether oxygens (including phenoxy) is 2. The molecule has 0 aliphatic carbocycles. The minimum atomic E-state index is -1.16. The van der Waals surface area contributed by atoms with Gasteiger partial charge in [0.2, 0.25) is 0 Å². The molecular formula is C23H36IN3O4. The van der Waals surface area contributed by atoms with Gasteiger partial charge in [-0.1, -0.05) is 6.07 Å². The van der Waals surface area contributed by atoms with E-state index in [-0.39, 0.29) is 30.5 Å². The maximum absolute atomic E-state index is 10.7. The second-order valence-corrected chi connectivity index (χ2v) is 7.33. The molecule has 2 rings (SSSR count). The third-order valence-electron chi connectivity index (χ3n) is 4.62. The second-order valence-electron chi connectivity index (χ2n) is 7.33. The maximum atomic E-state index is 10.7. The normalized spacial score (nSPS) is 13.2. The number of methoxy groups -OCH3 is 1. The minimum Gasteiger partial charge on any atom is -0.493 e. The number of aliphatic hydroxyl groups is 1. The summed E-state index contributed by atoms with van der Waals surface area (Å²) in [6.45, 7) is 9.83. The Morgan fingerprint density at radius 1 is 1.16 bits per heavy atom. The van der Waals surface area contributed by atoms with Gasteiger partial charge in [-0.15, -0.1) is 24.0 Å². The number of aryl methyl sites for hydroxylation is 2. The van der Waals surface area contributed by atoms with Crippen LogP contribution in [0.15, 0.2) is 39.7 Å². The monoisotopic (exact) mass is 545 g/mol. The molecule has 2 aromatic rings. The Kier molecular flexibility index (Phi) is 11.8. The van der Waals surface area contributed by atoms with Crippen molar-refractivity contribution in [1.29, 1.82) is 0 Å². The molecule has 0 saturated heterocycles. The summed E-state index contributed by atoms with van der Waals surface area (Å²) < 4.78 is 16.5. The van der Waals surface area contributed by atoms with E-state index < -0.39 is 5.60 Å². The fourth-order valence-corrected chi connectivity index (χ4v) is 3.02. The van der Waals surface area contributed by atoms with Gasteiger partial charge in [0, 0.05) is 13.1 Å². The third kappa shape index (κ3) is 8.60. The Bertz CT molecular complexity index is 821. The van der Waals surface area contributed by atoms with E-state index in [0.717, 1.165) is 43.2 Å². The first-order valence-corrected chi connectivity index (χ1v) is 10.5. The molecule has 0 saturated carbocycles. The van der Waals surface area contributed by atoms with E-state index in [1.54, 1.807) is 20.1 Å². The molecule has 0 aliphatic heterocycles. The number of nitrogens with zero attached hydrogens (tertiary/aromatic N) is 1. The average molecular weight is 545 g/mol. The maximum Gasteiger partial charge on any atom is 0.191 e. The zero-order chi connectivity index (χ0) is 22.0. The molecule has 8 heteroatoms. The van der Waals surface area contributed by atoms with Crippen molar-refractivity contribution in [3.63, 3.8) is 0 Å². The van der Waals surface area contributed by atoms with E-state index in [2.05, 4.69) is 21.7 Å². The first-order chi connectivity index (χ1) is 14.4. The summed E-state index contributed by atoms with van der Waals surface area (Å²) in [6, 6.07) is 9.66. The number of hydrogen-bond donors (Lipinski definition) is 3. The smallest absolute Gasteiger partial charge is 0.191 e. The SMILES string of the molecule is CCNC(=NCC(C)(O)c1ccc(C)o1)NCCCc1ccc(OC)c(OCC)c1.I. The number of aliphatic imine (C=N–C) groups is 1. The van der Waals surface area contributed by atoms with Crippen LogP contribution in [-0.4, -0.2) is 44.4 Å². The van der Waals surface area contributed by atoms with Gasteiger partial charge in [-0.05, 0) is 70.4 Å². The van der Waals surface area contributed by atoms with E-state index in [1.807, 2.05) is 39.0 Å². The summed E-state index contributed by atoms with van der Waals surface area (Å²) >= 11 is 0. The van der Waals surface area contributed by atoms with E-state index >= 15 is 0 Å². The van der Waals surface area contributed by atoms with Crippen LogP contribution in [0.25, 0.3) is 0 Å². The molecule has 0 radical (unpaired) electrons. The highest BCUT2D eigenvalue weighted by Gasteiger charge is 2.26. The molecule has 3 N–H and O–H groups in total. The van der Waals surface area contributed by atoms with Crippen molar-refractivity contribution in [2.24, 2.45) is 4.99 Å². The van der Waals surface area contributed by atoms with Crippen molar-refractivity contribution in [3.8, 4) is 11.5 Å². The quantitative estimate of drug-likeness (QED) is 0.171. The Labute approximate surface area is 202 Å². The molecule has 1 atom stereocenters. The first kappa shape index (κ1) is 27.1. The van der Waals surface area contributed by atoms with Gasteiger partial charge in [-0.2, -0.15) is 0 Å². The van der Waals surface area contributed by atoms with Crippen LogP contribution in [0.5, 0.6) is 11.5 Å². The van der Waals surface area contributed by atoms with Crippen LogP contribution < -0.4 is 20.1 Å². The predicted octanol–water partition coefficient (Wildman–Crippen LogP) is 4.01. The predicted molar refractivity (Wildman–Crippen MR) is 135 cm³/mol. The summed E-state index contributed by atoms with van der Waals surface area (Å²) in [7, 11) is 1.65. The van der Waals surface area contributed by atoms with Gasteiger partial charge in [0.05, 0.1) is 20.3 Å². The number of benzene rings is 1. The highest BCUT2D eigenvalue weighted by Crippen LogP contribution is 2.28. The zero-order valence-electron chi connectivity index (χ0n) is 19.2. The first-order valence-electron chi connectivity index (χ1n) is 10.5. The van der Waals surface area contributed by atoms with Gasteiger partial charge in [-0.25, -0.2) is 4.99 Å². The Morgan fingerprint density at radius 3 is 2.55 bits per heavy atom. The molecule has 1 heterocycles. The van der Waals surface area contributed by atoms with E-state index in [0.29, 0.717) is 18.3 Å². The number of nitrogens with one attached hydrogen (secondary N) is 2. The topological polar surface area (TPSA) is 88.3 Å². The minimum absolute atomic E-state index is 0. The van der Waals surface area contributed by atoms with Crippen molar-refractivity contribution in [3.05, 3.63) is 47.4 Å². The van der Waals surface area contributed by atoms with Crippen molar-refractivity contribution in [1.82, 2.24) is 10.6 Å². The van der Waals surface area contributed by atoms with Gasteiger partial charge in [0.15, 0.2) is 17.5 Å². The summed E-state index contributed by atoms with van der Waals surface area (Å²) in [6.07, 6.45) is 1.83. The van der Waals surface area contributed by atoms with Crippen LogP contribution in [-0.2, 0) is 12.0 Å².